The molecule has 1 aliphatic rings. The topological polar surface area (TPSA) is 341 Å². The number of methoxy groups -OCH3 is 2. The number of carboxylic acid groups (broad SMARTS) is 7. The van der Waals surface area contributed by atoms with Crippen LogP contribution < -0.4 is 18.9 Å². The summed E-state index contributed by atoms with van der Waals surface area (Å²) in [6.07, 6.45) is 7.20. The van der Waals surface area contributed by atoms with Gasteiger partial charge in [0.15, 0.2) is 34.6 Å². The maximum Gasteiger partial charge on any atom is 0.338 e. The summed E-state index contributed by atoms with van der Waals surface area (Å²) in [5.74, 6) is -8.44. The molecule has 7 aromatic carbocycles. The highest BCUT2D eigenvalue weighted by molar-refractivity contribution is 6.44. The lowest BCUT2D eigenvalue weighted by atomic mass is 10.1. The molecule has 0 bridgehead atoms. The second kappa shape index (κ2) is 37.9. The highest BCUT2D eigenvalue weighted by Crippen LogP contribution is 2.36. The molecular weight excluding hydrogens is 1320 g/mol. The van der Waals surface area contributed by atoms with Gasteiger partial charge < -0.3 is 54.7 Å². The van der Waals surface area contributed by atoms with Crippen molar-refractivity contribution in [2.45, 2.75) is 0 Å². The lowest BCUT2D eigenvalue weighted by Gasteiger charge is -2.08. The molecule has 1 heterocycles. The first-order valence-corrected chi connectivity index (χ1v) is 26.1. The van der Waals surface area contributed by atoms with E-state index in [4.69, 9.17) is 136 Å². The lowest BCUT2D eigenvalue weighted by Crippen LogP contribution is -2.01. The van der Waals surface area contributed by atoms with E-state index in [9.17, 15) is 52.5 Å². The van der Waals surface area contributed by atoms with Crippen LogP contribution in [0.5, 0.6) is 23.0 Å². The van der Waals surface area contributed by atoms with Crippen LogP contribution in [0.4, 0.5) is 14.5 Å². The van der Waals surface area contributed by atoms with E-state index in [2.05, 4.69) is 0 Å². The molecule has 0 fully saturated rings. The molecule has 88 heavy (non-hydrogen) atoms. The zero-order chi connectivity index (χ0) is 66.4. The minimum Gasteiger partial charge on any atom is -0.493 e. The molecule has 0 saturated carbocycles. The lowest BCUT2D eigenvalue weighted by molar-refractivity contribution is -0.385. The monoisotopic (exact) mass is 1360 g/mol. The number of hydrogen-bond acceptors (Lipinski definition) is 13. The first-order valence-electron chi connectivity index (χ1n) is 23.4. The molecule has 7 aromatic rings. The minimum atomic E-state index is -1.47. The van der Waals surface area contributed by atoms with Crippen molar-refractivity contribution in [3.05, 3.63) is 241 Å². The van der Waals surface area contributed by atoms with Gasteiger partial charge in [0.25, 0.3) is 5.69 Å². The maximum atomic E-state index is 12.5. The zero-order valence-corrected chi connectivity index (χ0v) is 49.9. The van der Waals surface area contributed by atoms with Gasteiger partial charge in [-0.05, 0) is 102 Å². The number of hydrogen-bond donors (Lipinski definition) is 7. The van der Waals surface area contributed by atoms with E-state index < -0.39 is 63.9 Å². The fourth-order valence-corrected chi connectivity index (χ4v) is 7.62. The van der Waals surface area contributed by atoms with Gasteiger partial charge in [0.2, 0.25) is 6.79 Å². The number of benzene rings is 7. The average Bonchev–Trinajstić information content (AvgIpc) is 1.79. The molecule has 0 unspecified atom stereocenters. The normalized spacial score (nSPS) is 10.5. The van der Waals surface area contributed by atoms with Crippen molar-refractivity contribution in [2.24, 2.45) is 0 Å². The van der Waals surface area contributed by atoms with Gasteiger partial charge in [0.1, 0.15) is 0 Å². The second-order valence-corrected chi connectivity index (χ2v) is 18.7. The Bertz CT molecular complexity index is 3670. The van der Waals surface area contributed by atoms with Crippen molar-refractivity contribution in [1.29, 1.82) is 0 Å². The summed E-state index contributed by atoms with van der Waals surface area (Å²) in [4.78, 5) is 82.5. The van der Waals surface area contributed by atoms with Gasteiger partial charge in [0.05, 0.1) is 83.2 Å². The Morgan fingerprint density at radius 3 is 1.52 bits per heavy atom. The molecular formula is C58H42Cl7F2NO20. The van der Waals surface area contributed by atoms with E-state index in [1.165, 1.54) is 81.0 Å². The van der Waals surface area contributed by atoms with Gasteiger partial charge in [-0.25, -0.2) is 42.3 Å². The predicted molar refractivity (Wildman–Crippen MR) is 324 cm³/mol. The number of nitro benzene ring substituents is 1. The first-order chi connectivity index (χ1) is 41.4. The molecule has 462 valence electrons. The molecule has 21 nitrogen and oxygen atoms in total. The van der Waals surface area contributed by atoms with Gasteiger partial charge in [-0.15, -0.1) is 0 Å². The van der Waals surface area contributed by atoms with Gasteiger partial charge in [0, 0.05) is 23.3 Å². The smallest absolute Gasteiger partial charge is 0.338 e. The molecule has 8 rings (SSSR count). The van der Waals surface area contributed by atoms with Gasteiger partial charge in [-0.3, -0.25) is 10.1 Å². The number of halogens is 9. The summed E-state index contributed by atoms with van der Waals surface area (Å²) in [6, 6.07) is 31.4. The number of rotatable bonds is 13. The van der Waals surface area contributed by atoms with Crippen molar-refractivity contribution in [2.75, 3.05) is 21.0 Å². The summed E-state index contributed by atoms with van der Waals surface area (Å²) in [7, 11) is 2.74. The molecule has 0 saturated heterocycles. The molecule has 0 atom stereocenters. The standard InChI is InChI=1S/C11H11NO6.C10H8O4.C9H8O2.C7H3Cl3O2.2C7H4Cl2O2.C7H4F2O2/c1-17-9-5-7(3-4-11(13)14)8(12(15)16)6-10(9)18-2;11-10(12)4-2-7-1-3-8-9(5-7)14-6-13-8;10-9(11)7-6-8-4-2-1-3-5-8;8-3-1-4(9)6(7(11)12)5(10)2-3;8-5-2-1-4(7(10)11)3-6(5)9;2*8-5-3-1-2-4(6(5)9)7(10)11/h3-6H,1-2H3,(H,13,14);1-5H,6H2,(H,11,12);1-7H,(H,10,11);1-2H,(H,11,12);3*1-3H,(H,10,11). The predicted octanol–water partition coefficient (Wildman–Crippen LogP) is 15.4. The number of aliphatic carboxylic acids is 3. The van der Waals surface area contributed by atoms with Gasteiger partial charge in [-0.1, -0.05) is 130 Å². The summed E-state index contributed by atoms with van der Waals surface area (Å²) < 4.78 is 45.0. The third kappa shape index (κ3) is 26.0. The van der Waals surface area contributed by atoms with Gasteiger partial charge in [-0.2, -0.15) is 0 Å². The van der Waals surface area contributed by atoms with Crippen LogP contribution in [-0.2, 0) is 14.4 Å². The SMILES string of the molecule is COc1cc(C=CC(=O)O)c([N+](=O)[O-])cc1OC.O=C(O)C=Cc1ccc2c(c1)OCO2.O=C(O)C=Cc1ccccc1.O=C(O)c1c(Cl)cc(Cl)cc1Cl.O=C(O)c1ccc(Cl)c(Cl)c1.O=C(O)c1cccc(Cl)c1Cl.O=C(O)c1cccc(F)c1F. The third-order valence-electron chi connectivity index (χ3n) is 9.92. The molecule has 7 N–H and O–H groups in total. The van der Waals surface area contributed by atoms with E-state index in [0.29, 0.717) is 21.5 Å². The van der Waals surface area contributed by atoms with E-state index in [1.54, 1.807) is 24.3 Å². The van der Waals surface area contributed by atoms with E-state index in [-0.39, 0.29) is 71.3 Å². The number of nitrogens with zero attached hydrogens (tertiary/aromatic N) is 1. The second-order valence-electron chi connectivity index (χ2n) is 15.9. The van der Waals surface area contributed by atoms with Crippen LogP contribution in [-0.4, -0.2) is 103 Å². The van der Waals surface area contributed by atoms with Crippen LogP contribution >= 0.6 is 81.2 Å². The zero-order valence-electron chi connectivity index (χ0n) is 44.6. The summed E-state index contributed by atoms with van der Waals surface area (Å²) >= 11 is 39.0. The quantitative estimate of drug-likeness (QED) is 0.0320. The molecule has 1 aliphatic heterocycles. The van der Waals surface area contributed by atoms with Crippen molar-refractivity contribution in [3.63, 3.8) is 0 Å². The van der Waals surface area contributed by atoms with Crippen molar-refractivity contribution < 1.29 is 102 Å². The Morgan fingerprint density at radius 1 is 0.511 bits per heavy atom. The average molecular weight is 1360 g/mol. The summed E-state index contributed by atoms with van der Waals surface area (Å²) in [5, 5.41) is 71.4. The Labute approximate surface area is 531 Å². The Hall–Kier alpha value is -9.46. The van der Waals surface area contributed by atoms with Crippen LogP contribution in [0.2, 0.25) is 35.2 Å². The number of carboxylic acids is 7. The van der Waals surface area contributed by atoms with Crippen molar-refractivity contribution in [3.8, 4) is 23.0 Å². The maximum absolute atomic E-state index is 12.5. The Kier molecular flexibility index (Phi) is 32.1. The summed E-state index contributed by atoms with van der Waals surface area (Å²) in [6.45, 7) is 0.224. The molecule has 0 radical (unpaired) electrons. The van der Waals surface area contributed by atoms with E-state index in [1.807, 2.05) is 30.3 Å². The van der Waals surface area contributed by atoms with Crippen molar-refractivity contribution >= 4 is 147 Å². The first kappa shape index (κ1) is 74.6. The van der Waals surface area contributed by atoms with E-state index >= 15 is 0 Å². The largest absolute Gasteiger partial charge is 0.493 e. The molecule has 0 spiro atoms. The van der Waals surface area contributed by atoms with Crippen molar-refractivity contribution in [1.82, 2.24) is 0 Å². The van der Waals surface area contributed by atoms with Crippen LogP contribution in [0.25, 0.3) is 18.2 Å². The molecule has 0 amide bonds. The molecule has 0 aromatic heterocycles. The van der Waals surface area contributed by atoms with Crippen LogP contribution in [0.1, 0.15) is 58.1 Å². The number of nitro groups is 1. The highest BCUT2D eigenvalue weighted by Gasteiger charge is 2.19. The third-order valence-corrected chi connectivity index (χ3v) is 12.3. The molecule has 30 heteroatoms. The van der Waals surface area contributed by atoms with E-state index in [0.717, 1.165) is 53.6 Å². The fraction of sp³-hybridized carbons (Fsp3) is 0.0517. The highest BCUT2D eigenvalue weighted by atomic mass is 35.5. The molecule has 0 aliphatic carbocycles. The Morgan fingerprint density at radius 2 is 1.03 bits per heavy atom. The van der Waals surface area contributed by atoms with Gasteiger partial charge >= 0.3 is 41.8 Å². The van der Waals surface area contributed by atoms with Crippen LogP contribution in [0.3, 0.4) is 0 Å². The fourth-order valence-electron chi connectivity index (χ4n) is 5.97. The number of ether oxygens (including phenoxy) is 4. The Balaban J connectivity index is 0.000000353. The van der Waals surface area contributed by atoms with Crippen LogP contribution in [0.15, 0.2) is 146 Å². The minimum absolute atomic E-state index is 0.0270. The van der Waals surface area contributed by atoms with Crippen LogP contribution in [0, 0.1) is 21.7 Å². The number of fused-ring (bicyclic) bond motifs is 1. The number of aromatic carboxylic acids is 4. The number of carbonyl (C=O) groups is 7. The summed E-state index contributed by atoms with van der Waals surface area (Å²) in [5.41, 5.74) is 0.933.